The molecule has 2 aromatic heterocycles. The van der Waals surface area contributed by atoms with Crippen molar-refractivity contribution in [2.75, 3.05) is 18.0 Å². The molecule has 0 atom stereocenters. The SMILES string of the molecule is Cc1nc(N2CCC(C#N)CC2)c2cn[nH]c2n1. The largest absolute Gasteiger partial charge is 0.356 e. The predicted molar refractivity (Wildman–Crippen MR) is 67.0 cm³/mol. The molecule has 0 unspecified atom stereocenters. The highest BCUT2D eigenvalue weighted by Gasteiger charge is 2.22. The molecule has 1 fully saturated rings. The van der Waals surface area contributed by atoms with E-state index >= 15 is 0 Å². The van der Waals surface area contributed by atoms with Gasteiger partial charge in [0.1, 0.15) is 11.6 Å². The number of fused-ring (bicyclic) bond motifs is 1. The number of nitrogens with zero attached hydrogens (tertiary/aromatic N) is 5. The zero-order chi connectivity index (χ0) is 12.5. The maximum atomic E-state index is 8.92. The number of aryl methyl sites for hydroxylation is 1. The van der Waals surface area contributed by atoms with Gasteiger partial charge in [0.15, 0.2) is 5.65 Å². The third kappa shape index (κ3) is 1.78. The second kappa shape index (κ2) is 4.26. The Morgan fingerprint density at radius 1 is 1.39 bits per heavy atom. The van der Waals surface area contributed by atoms with Crippen LogP contribution in [0.1, 0.15) is 18.7 Å². The molecule has 1 aliphatic heterocycles. The summed E-state index contributed by atoms with van der Waals surface area (Å²) in [7, 11) is 0. The molecule has 0 aliphatic carbocycles. The maximum Gasteiger partial charge on any atom is 0.161 e. The lowest BCUT2D eigenvalue weighted by Crippen LogP contribution is -2.34. The van der Waals surface area contributed by atoms with Gasteiger partial charge in [-0.15, -0.1) is 0 Å². The third-order valence-electron chi connectivity index (χ3n) is 3.38. The number of rotatable bonds is 1. The molecule has 0 bridgehead atoms. The molecule has 3 heterocycles. The fraction of sp³-hybridized carbons (Fsp3) is 0.500. The van der Waals surface area contributed by atoms with Crippen molar-refractivity contribution in [1.82, 2.24) is 20.2 Å². The van der Waals surface area contributed by atoms with Crippen molar-refractivity contribution >= 4 is 16.9 Å². The van der Waals surface area contributed by atoms with E-state index in [1.54, 1.807) is 6.20 Å². The highest BCUT2D eigenvalue weighted by Crippen LogP contribution is 2.26. The lowest BCUT2D eigenvalue weighted by molar-refractivity contribution is 0.485. The number of nitrogens with one attached hydrogen (secondary N) is 1. The average molecular weight is 242 g/mol. The normalized spacial score (nSPS) is 17.0. The second-order valence-corrected chi connectivity index (χ2v) is 4.62. The summed E-state index contributed by atoms with van der Waals surface area (Å²) in [6, 6.07) is 2.34. The summed E-state index contributed by atoms with van der Waals surface area (Å²) < 4.78 is 0. The molecular formula is C12H14N6. The standard InChI is InChI=1S/C12H14N6/c1-8-15-11-10(7-14-17-11)12(16-8)18-4-2-9(6-13)3-5-18/h7,9H,2-5H2,1H3,(H,14,15,16,17). The van der Waals surface area contributed by atoms with Gasteiger partial charge in [-0.25, -0.2) is 9.97 Å². The first kappa shape index (κ1) is 11.0. The van der Waals surface area contributed by atoms with Crippen LogP contribution < -0.4 is 4.90 Å². The van der Waals surface area contributed by atoms with E-state index in [1.165, 1.54) is 0 Å². The molecular weight excluding hydrogens is 228 g/mol. The number of hydrogen-bond donors (Lipinski definition) is 1. The topological polar surface area (TPSA) is 81.5 Å². The number of aromatic nitrogens is 4. The van der Waals surface area contributed by atoms with Gasteiger partial charge in [-0.2, -0.15) is 10.4 Å². The van der Waals surface area contributed by atoms with Crippen LogP contribution in [-0.2, 0) is 0 Å². The zero-order valence-corrected chi connectivity index (χ0v) is 10.2. The molecule has 0 saturated carbocycles. The van der Waals surface area contributed by atoms with Crippen molar-refractivity contribution in [2.45, 2.75) is 19.8 Å². The maximum absolute atomic E-state index is 8.92. The highest BCUT2D eigenvalue weighted by molar-refractivity contribution is 5.86. The molecule has 0 radical (unpaired) electrons. The Hall–Kier alpha value is -2.16. The van der Waals surface area contributed by atoms with E-state index in [2.05, 4.69) is 31.1 Å². The molecule has 6 heteroatoms. The first-order valence-corrected chi connectivity index (χ1v) is 6.10. The summed E-state index contributed by atoms with van der Waals surface area (Å²) in [4.78, 5) is 11.1. The minimum Gasteiger partial charge on any atom is -0.356 e. The fourth-order valence-electron chi connectivity index (χ4n) is 2.39. The van der Waals surface area contributed by atoms with E-state index in [4.69, 9.17) is 5.26 Å². The van der Waals surface area contributed by atoms with Crippen molar-refractivity contribution in [3.8, 4) is 6.07 Å². The van der Waals surface area contributed by atoms with Crippen LogP contribution >= 0.6 is 0 Å². The second-order valence-electron chi connectivity index (χ2n) is 4.62. The van der Waals surface area contributed by atoms with Crippen LogP contribution in [-0.4, -0.2) is 33.3 Å². The van der Waals surface area contributed by atoms with Crippen LogP contribution in [0, 0.1) is 24.2 Å². The van der Waals surface area contributed by atoms with Gasteiger partial charge in [-0.1, -0.05) is 0 Å². The van der Waals surface area contributed by atoms with Gasteiger partial charge in [0.05, 0.1) is 17.7 Å². The molecule has 92 valence electrons. The smallest absolute Gasteiger partial charge is 0.161 e. The quantitative estimate of drug-likeness (QED) is 0.817. The van der Waals surface area contributed by atoms with Gasteiger partial charge in [0.2, 0.25) is 0 Å². The minimum absolute atomic E-state index is 0.184. The Balaban J connectivity index is 1.95. The number of anilines is 1. The van der Waals surface area contributed by atoms with Gasteiger partial charge in [-0.05, 0) is 19.8 Å². The van der Waals surface area contributed by atoms with Crippen molar-refractivity contribution in [1.29, 1.82) is 5.26 Å². The lowest BCUT2D eigenvalue weighted by Gasteiger charge is -2.30. The number of piperidine rings is 1. The molecule has 18 heavy (non-hydrogen) atoms. The number of nitriles is 1. The van der Waals surface area contributed by atoms with E-state index in [1.807, 2.05) is 6.92 Å². The van der Waals surface area contributed by atoms with Gasteiger partial charge < -0.3 is 4.90 Å². The van der Waals surface area contributed by atoms with Crippen molar-refractivity contribution in [3.63, 3.8) is 0 Å². The van der Waals surface area contributed by atoms with E-state index in [0.29, 0.717) is 0 Å². The molecule has 1 saturated heterocycles. The van der Waals surface area contributed by atoms with Gasteiger partial charge in [-0.3, -0.25) is 5.10 Å². The lowest BCUT2D eigenvalue weighted by atomic mass is 9.98. The van der Waals surface area contributed by atoms with Crippen LogP contribution in [0.5, 0.6) is 0 Å². The summed E-state index contributed by atoms with van der Waals surface area (Å²) in [6.45, 7) is 3.62. The summed E-state index contributed by atoms with van der Waals surface area (Å²) in [5, 5.41) is 16.8. The van der Waals surface area contributed by atoms with Gasteiger partial charge in [0.25, 0.3) is 0 Å². The van der Waals surface area contributed by atoms with Crippen LogP contribution in [0.15, 0.2) is 6.20 Å². The van der Waals surface area contributed by atoms with Gasteiger partial charge in [0, 0.05) is 19.0 Å². The van der Waals surface area contributed by atoms with Gasteiger partial charge >= 0.3 is 0 Å². The summed E-state index contributed by atoms with van der Waals surface area (Å²) in [5.74, 6) is 1.86. The average Bonchev–Trinajstić information content (AvgIpc) is 2.86. The van der Waals surface area contributed by atoms with E-state index in [-0.39, 0.29) is 5.92 Å². The number of H-pyrrole nitrogens is 1. The number of aromatic amines is 1. The Kier molecular flexibility index (Phi) is 2.59. The Labute approximate surface area is 105 Å². The minimum atomic E-state index is 0.184. The Bertz CT molecular complexity index is 603. The van der Waals surface area contributed by atoms with E-state index < -0.39 is 0 Å². The molecule has 1 N–H and O–H groups in total. The molecule has 0 spiro atoms. The zero-order valence-electron chi connectivity index (χ0n) is 10.2. The van der Waals surface area contributed by atoms with Crippen molar-refractivity contribution in [2.24, 2.45) is 5.92 Å². The molecule has 3 rings (SSSR count). The molecule has 6 nitrogen and oxygen atoms in total. The van der Waals surface area contributed by atoms with Crippen molar-refractivity contribution in [3.05, 3.63) is 12.0 Å². The van der Waals surface area contributed by atoms with E-state index in [9.17, 15) is 0 Å². The number of hydrogen-bond acceptors (Lipinski definition) is 5. The third-order valence-corrected chi connectivity index (χ3v) is 3.38. The first-order valence-electron chi connectivity index (χ1n) is 6.10. The molecule has 0 amide bonds. The van der Waals surface area contributed by atoms with Crippen LogP contribution in [0.3, 0.4) is 0 Å². The van der Waals surface area contributed by atoms with Crippen LogP contribution in [0.25, 0.3) is 11.0 Å². The molecule has 0 aromatic carbocycles. The predicted octanol–water partition coefficient (Wildman–Crippen LogP) is 1.40. The first-order chi connectivity index (χ1) is 8.78. The Morgan fingerprint density at radius 2 is 2.17 bits per heavy atom. The highest BCUT2D eigenvalue weighted by atomic mass is 15.2. The Morgan fingerprint density at radius 3 is 2.89 bits per heavy atom. The van der Waals surface area contributed by atoms with Crippen LogP contribution in [0.2, 0.25) is 0 Å². The fourth-order valence-corrected chi connectivity index (χ4v) is 2.39. The summed E-state index contributed by atoms with van der Waals surface area (Å²) >= 11 is 0. The summed E-state index contributed by atoms with van der Waals surface area (Å²) in [6.07, 6.45) is 3.57. The summed E-state index contributed by atoms with van der Waals surface area (Å²) in [5.41, 5.74) is 0.778. The van der Waals surface area contributed by atoms with Crippen LogP contribution in [0.4, 0.5) is 5.82 Å². The molecule has 2 aromatic rings. The van der Waals surface area contributed by atoms with E-state index in [0.717, 1.165) is 48.6 Å². The molecule has 1 aliphatic rings. The monoisotopic (exact) mass is 242 g/mol. The van der Waals surface area contributed by atoms with Crippen molar-refractivity contribution < 1.29 is 0 Å².